The summed E-state index contributed by atoms with van der Waals surface area (Å²) in [6, 6.07) is 10.8. The molecule has 4 heteroatoms. The van der Waals surface area contributed by atoms with Crippen molar-refractivity contribution < 1.29 is 0 Å². The van der Waals surface area contributed by atoms with Crippen molar-refractivity contribution in [3.63, 3.8) is 0 Å². The number of aryl methyl sites for hydroxylation is 2. The summed E-state index contributed by atoms with van der Waals surface area (Å²) in [5, 5.41) is 5.57. The van der Waals surface area contributed by atoms with Gasteiger partial charge in [-0.05, 0) is 34.3 Å². The van der Waals surface area contributed by atoms with Gasteiger partial charge in [-0.3, -0.25) is 4.68 Å². The normalized spacial score (nSPS) is 14.1. The highest BCUT2D eigenvalue weighted by Gasteiger charge is 2.32. The lowest BCUT2D eigenvalue weighted by atomic mass is 9.76. The van der Waals surface area contributed by atoms with Crippen LogP contribution in [0.1, 0.15) is 37.2 Å². The lowest BCUT2D eigenvalue weighted by Gasteiger charge is -2.32. The largest absolute Gasteiger partial charge is 0.271 e. The third-order valence-electron chi connectivity index (χ3n) is 4.33. The van der Waals surface area contributed by atoms with Gasteiger partial charge < -0.3 is 0 Å². The minimum absolute atomic E-state index is 0.0998. The van der Waals surface area contributed by atoms with Crippen LogP contribution in [0.2, 0.25) is 0 Å². The summed E-state index contributed by atoms with van der Waals surface area (Å²) >= 11 is 7.50. The second-order valence-corrected chi connectivity index (χ2v) is 6.85. The van der Waals surface area contributed by atoms with E-state index in [1.54, 1.807) is 0 Å². The number of rotatable bonds is 6. The Morgan fingerprint density at radius 2 is 1.86 bits per heavy atom. The van der Waals surface area contributed by atoms with Gasteiger partial charge in [0.05, 0.1) is 15.9 Å². The minimum atomic E-state index is 0.0998. The molecule has 0 spiro atoms. The molecule has 0 N–H and O–H groups in total. The Morgan fingerprint density at radius 3 is 2.33 bits per heavy atom. The Balaban J connectivity index is 2.44. The van der Waals surface area contributed by atoms with Crippen LogP contribution in [0.15, 0.2) is 34.8 Å². The summed E-state index contributed by atoms with van der Waals surface area (Å²) in [4.78, 5) is 0. The average Bonchev–Trinajstić information content (AvgIpc) is 2.80. The molecule has 2 aromatic rings. The highest BCUT2D eigenvalue weighted by Crippen LogP contribution is 2.36. The molecule has 0 aliphatic rings. The van der Waals surface area contributed by atoms with Crippen LogP contribution < -0.4 is 0 Å². The predicted molar refractivity (Wildman–Crippen MR) is 96.2 cm³/mol. The summed E-state index contributed by atoms with van der Waals surface area (Å²) in [5.41, 5.74) is 3.90. The van der Waals surface area contributed by atoms with E-state index in [1.807, 2.05) is 11.7 Å². The summed E-state index contributed by atoms with van der Waals surface area (Å²) in [7, 11) is 2.04. The summed E-state index contributed by atoms with van der Waals surface area (Å²) in [5.74, 6) is 0. The third kappa shape index (κ3) is 3.26. The van der Waals surface area contributed by atoms with Gasteiger partial charge in [0.2, 0.25) is 0 Å². The Hall–Kier alpha value is -0.610. The second-order valence-electron chi connectivity index (χ2n) is 5.49. The van der Waals surface area contributed by atoms with Gasteiger partial charge in [-0.25, -0.2) is 0 Å². The Morgan fingerprint density at radius 1 is 1.19 bits per heavy atom. The van der Waals surface area contributed by atoms with E-state index in [4.69, 9.17) is 0 Å². The molecule has 1 heterocycles. The number of aromatic nitrogens is 2. The fourth-order valence-corrected chi connectivity index (χ4v) is 4.45. The van der Waals surface area contributed by atoms with Gasteiger partial charge in [0, 0.05) is 24.2 Å². The van der Waals surface area contributed by atoms with Crippen molar-refractivity contribution in [3.8, 4) is 0 Å². The van der Waals surface area contributed by atoms with Gasteiger partial charge in [0.15, 0.2) is 0 Å². The molecular formula is C17H22Br2N2. The van der Waals surface area contributed by atoms with Gasteiger partial charge in [0.25, 0.3) is 0 Å². The SMILES string of the molecule is CCc1nn(C)c(CC(CC)(CBr)c2ccccc2)c1Br. The quantitative estimate of drug-likeness (QED) is 0.607. The molecule has 114 valence electrons. The molecule has 0 fully saturated rings. The number of halogens is 2. The third-order valence-corrected chi connectivity index (χ3v) is 6.32. The fraction of sp³-hybridized carbons (Fsp3) is 0.471. The molecule has 1 aromatic carbocycles. The van der Waals surface area contributed by atoms with Gasteiger partial charge in [-0.2, -0.15) is 5.10 Å². The van der Waals surface area contributed by atoms with E-state index in [1.165, 1.54) is 15.7 Å². The lowest BCUT2D eigenvalue weighted by molar-refractivity contribution is 0.447. The van der Waals surface area contributed by atoms with E-state index < -0.39 is 0 Å². The molecule has 21 heavy (non-hydrogen) atoms. The van der Waals surface area contributed by atoms with E-state index in [2.05, 4.69) is 81.1 Å². The molecule has 2 nitrogen and oxygen atoms in total. The van der Waals surface area contributed by atoms with E-state index >= 15 is 0 Å². The zero-order valence-corrected chi connectivity index (χ0v) is 16.0. The molecule has 0 saturated carbocycles. The van der Waals surface area contributed by atoms with E-state index in [0.29, 0.717) is 0 Å². The Bertz CT molecular complexity index is 586. The van der Waals surface area contributed by atoms with Crippen molar-refractivity contribution in [2.45, 2.75) is 38.5 Å². The van der Waals surface area contributed by atoms with Crippen LogP contribution in [-0.2, 0) is 25.3 Å². The second kappa shape index (κ2) is 7.10. The van der Waals surface area contributed by atoms with Gasteiger partial charge in [-0.15, -0.1) is 0 Å². The van der Waals surface area contributed by atoms with Crippen molar-refractivity contribution in [1.82, 2.24) is 9.78 Å². The van der Waals surface area contributed by atoms with E-state index in [9.17, 15) is 0 Å². The first-order valence-electron chi connectivity index (χ1n) is 7.39. The highest BCUT2D eigenvalue weighted by atomic mass is 79.9. The van der Waals surface area contributed by atoms with Crippen molar-refractivity contribution in [3.05, 3.63) is 51.8 Å². The van der Waals surface area contributed by atoms with Gasteiger partial charge in [0.1, 0.15) is 0 Å². The zero-order chi connectivity index (χ0) is 15.5. The predicted octanol–water partition coefficient (Wildman–Crippen LogP) is 5.03. The van der Waals surface area contributed by atoms with Crippen LogP contribution in [-0.4, -0.2) is 15.1 Å². The molecule has 0 radical (unpaired) electrons. The Labute approximate surface area is 144 Å². The van der Waals surface area contributed by atoms with E-state index in [-0.39, 0.29) is 5.41 Å². The van der Waals surface area contributed by atoms with Crippen LogP contribution in [0.3, 0.4) is 0 Å². The van der Waals surface area contributed by atoms with Crippen LogP contribution in [0, 0.1) is 0 Å². The first-order chi connectivity index (χ1) is 10.1. The average molecular weight is 414 g/mol. The van der Waals surface area contributed by atoms with E-state index in [0.717, 1.165) is 30.3 Å². The minimum Gasteiger partial charge on any atom is -0.271 e. The standard InChI is InChI=1S/C17H22Br2N2/c1-4-14-16(19)15(21(3)20-14)11-17(5-2,12-18)13-9-7-6-8-10-13/h6-10H,4-5,11-12H2,1-3H3. The number of benzene rings is 1. The van der Waals surface area contributed by atoms with Gasteiger partial charge >= 0.3 is 0 Å². The monoisotopic (exact) mass is 412 g/mol. The maximum atomic E-state index is 4.63. The van der Waals surface area contributed by atoms with Crippen LogP contribution in [0.4, 0.5) is 0 Å². The lowest BCUT2D eigenvalue weighted by Crippen LogP contribution is -2.31. The number of nitrogens with zero attached hydrogens (tertiary/aromatic N) is 2. The zero-order valence-electron chi connectivity index (χ0n) is 12.9. The molecule has 0 saturated heterocycles. The van der Waals surface area contributed by atoms with Crippen molar-refractivity contribution in [2.75, 3.05) is 5.33 Å². The topological polar surface area (TPSA) is 17.8 Å². The molecule has 0 aliphatic heterocycles. The smallest absolute Gasteiger partial charge is 0.0766 e. The molecular weight excluding hydrogens is 392 g/mol. The van der Waals surface area contributed by atoms with Crippen LogP contribution >= 0.6 is 31.9 Å². The molecule has 1 unspecified atom stereocenters. The Kier molecular flexibility index (Phi) is 5.67. The maximum Gasteiger partial charge on any atom is 0.0766 e. The summed E-state index contributed by atoms with van der Waals surface area (Å²) < 4.78 is 3.20. The molecule has 0 aliphatic carbocycles. The number of hydrogen-bond acceptors (Lipinski definition) is 1. The van der Waals surface area contributed by atoms with Crippen LogP contribution in [0.5, 0.6) is 0 Å². The summed E-state index contributed by atoms with van der Waals surface area (Å²) in [6.07, 6.45) is 3.01. The molecule has 1 aromatic heterocycles. The van der Waals surface area contributed by atoms with Gasteiger partial charge in [-0.1, -0.05) is 60.1 Å². The first kappa shape index (κ1) is 16.8. The van der Waals surface area contributed by atoms with Crippen molar-refractivity contribution >= 4 is 31.9 Å². The molecule has 2 rings (SSSR count). The van der Waals surface area contributed by atoms with Crippen molar-refractivity contribution in [2.24, 2.45) is 7.05 Å². The first-order valence-corrected chi connectivity index (χ1v) is 9.31. The number of alkyl halides is 1. The highest BCUT2D eigenvalue weighted by molar-refractivity contribution is 9.10. The summed E-state index contributed by atoms with van der Waals surface area (Å²) in [6.45, 7) is 4.41. The maximum absolute atomic E-state index is 4.63. The van der Waals surface area contributed by atoms with Crippen LogP contribution in [0.25, 0.3) is 0 Å². The molecule has 1 atom stereocenters. The fourth-order valence-electron chi connectivity index (χ4n) is 2.77. The number of hydrogen-bond donors (Lipinski definition) is 0. The van der Waals surface area contributed by atoms with Crippen molar-refractivity contribution in [1.29, 1.82) is 0 Å². The molecule has 0 bridgehead atoms. The molecule has 0 amide bonds.